The average Bonchev–Trinajstić information content (AvgIpc) is 3.05. The number of hydrogen-bond acceptors (Lipinski definition) is 4. The van der Waals surface area contributed by atoms with Crippen molar-refractivity contribution in [3.8, 4) is 11.5 Å². The van der Waals surface area contributed by atoms with Crippen LogP contribution in [-0.4, -0.2) is 18.0 Å². The monoisotopic (exact) mass is 312 g/mol. The van der Waals surface area contributed by atoms with Crippen LogP contribution in [0.2, 0.25) is 0 Å². The Bertz CT molecular complexity index is 737. The predicted molar refractivity (Wildman–Crippen MR) is 90.5 cm³/mol. The van der Waals surface area contributed by atoms with Gasteiger partial charge in [-0.15, -0.1) is 0 Å². The molecule has 0 radical (unpaired) electrons. The number of anilines is 1. The first-order valence-corrected chi connectivity index (χ1v) is 7.82. The molecule has 0 atom stereocenters. The van der Waals surface area contributed by atoms with Crippen LogP contribution in [0.5, 0.6) is 11.5 Å². The van der Waals surface area contributed by atoms with Crippen LogP contribution in [0.25, 0.3) is 0 Å². The van der Waals surface area contributed by atoms with E-state index in [0.717, 1.165) is 48.5 Å². The van der Waals surface area contributed by atoms with Gasteiger partial charge < -0.3 is 9.64 Å². The maximum atomic E-state index is 11.2. The summed E-state index contributed by atoms with van der Waals surface area (Å²) in [4.78, 5) is 13.0. The van der Waals surface area contributed by atoms with Gasteiger partial charge in [-0.3, -0.25) is 10.1 Å². The first-order chi connectivity index (χ1) is 11.0. The minimum atomic E-state index is -0.366. The fraction of sp³-hybridized carbons (Fsp3) is 0.333. The summed E-state index contributed by atoms with van der Waals surface area (Å²) in [5.74, 6) is 1.24. The Morgan fingerprint density at radius 3 is 2.52 bits per heavy atom. The van der Waals surface area contributed by atoms with Crippen LogP contribution in [0.15, 0.2) is 36.4 Å². The quantitative estimate of drug-likeness (QED) is 0.611. The van der Waals surface area contributed by atoms with Gasteiger partial charge >= 0.3 is 0 Å². The van der Waals surface area contributed by atoms with Crippen molar-refractivity contribution in [3.05, 3.63) is 57.6 Å². The summed E-state index contributed by atoms with van der Waals surface area (Å²) in [6.07, 6.45) is 2.24. The highest BCUT2D eigenvalue weighted by molar-refractivity contribution is 5.59. The van der Waals surface area contributed by atoms with E-state index < -0.39 is 0 Å². The molecule has 0 bridgehead atoms. The second-order valence-electron chi connectivity index (χ2n) is 6.01. The lowest BCUT2D eigenvalue weighted by molar-refractivity contribution is -0.384. The molecule has 0 spiro atoms. The van der Waals surface area contributed by atoms with Crippen molar-refractivity contribution in [2.45, 2.75) is 26.7 Å². The molecule has 2 aromatic carbocycles. The smallest absolute Gasteiger partial charge is 0.275 e. The maximum absolute atomic E-state index is 11.2. The van der Waals surface area contributed by atoms with Crippen LogP contribution in [0, 0.1) is 24.0 Å². The first-order valence-electron chi connectivity index (χ1n) is 7.82. The van der Waals surface area contributed by atoms with Crippen molar-refractivity contribution in [3.63, 3.8) is 0 Å². The minimum Gasteiger partial charge on any atom is -0.457 e. The fourth-order valence-electron chi connectivity index (χ4n) is 2.83. The van der Waals surface area contributed by atoms with Gasteiger partial charge in [0.1, 0.15) is 11.5 Å². The van der Waals surface area contributed by atoms with Gasteiger partial charge in [-0.05, 0) is 43.9 Å². The molecule has 0 aromatic heterocycles. The number of nitrogens with zero attached hydrogens (tertiary/aromatic N) is 2. The molecule has 3 rings (SSSR count). The maximum Gasteiger partial charge on any atom is 0.275 e. The molecule has 23 heavy (non-hydrogen) atoms. The lowest BCUT2D eigenvalue weighted by Crippen LogP contribution is -2.17. The zero-order valence-electron chi connectivity index (χ0n) is 13.4. The van der Waals surface area contributed by atoms with E-state index in [1.165, 1.54) is 6.07 Å². The molecule has 0 unspecified atom stereocenters. The highest BCUT2D eigenvalue weighted by Gasteiger charge is 2.18. The highest BCUT2D eigenvalue weighted by atomic mass is 16.6. The van der Waals surface area contributed by atoms with Crippen molar-refractivity contribution < 1.29 is 9.66 Å². The van der Waals surface area contributed by atoms with Crippen LogP contribution >= 0.6 is 0 Å². The minimum absolute atomic E-state index is 0.0645. The van der Waals surface area contributed by atoms with Crippen LogP contribution in [0.1, 0.15) is 24.0 Å². The van der Waals surface area contributed by atoms with Gasteiger partial charge in [0.05, 0.1) is 11.0 Å². The van der Waals surface area contributed by atoms with Crippen LogP contribution in [-0.2, 0) is 0 Å². The largest absolute Gasteiger partial charge is 0.457 e. The molecule has 0 saturated carbocycles. The Morgan fingerprint density at radius 2 is 1.83 bits per heavy atom. The molecular weight excluding hydrogens is 292 g/mol. The summed E-state index contributed by atoms with van der Waals surface area (Å²) >= 11 is 0. The molecule has 1 fully saturated rings. The lowest BCUT2D eigenvalue weighted by Gasteiger charge is -2.18. The van der Waals surface area contributed by atoms with Crippen molar-refractivity contribution >= 4 is 11.4 Å². The van der Waals surface area contributed by atoms with Crippen molar-refractivity contribution in [2.24, 2.45) is 0 Å². The Morgan fingerprint density at radius 1 is 1.09 bits per heavy atom. The molecule has 2 aromatic rings. The van der Waals surface area contributed by atoms with E-state index in [2.05, 4.69) is 4.90 Å². The third-order valence-electron chi connectivity index (χ3n) is 4.13. The predicted octanol–water partition coefficient (Wildman–Crippen LogP) is 4.60. The molecule has 1 aliphatic heterocycles. The summed E-state index contributed by atoms with van der Waals surface area (Å²) in [7, 11) is 0. The molecule has 1 aliphatic rings. The normalized spacial score (nSPS) is 14.1. The van der Waals surface area contributed by atoms with Crippen molar-refractivity contribution in [1.29, 1.82) is 0 Å². The van der Waals surface area contributed by atoms with E-state index in [-0.39, 0.29) is 10.6 Å². The number of nitro groups is 1. The molecule has 0 amide bonds. The van der Waals surface area contributed by atoms with E-state index >= 15 is 0 Å². The topological polar surface area (TPSA) is 55.6 Å². The van der Waals surface area contributed by atoms with E-state index in [4.69, 9.17) is 4.74 Å². The summed E-state index contributed by atoms with van der Waals surface area (Å²) in [6.45, 7) is 5.83. The van der Waals surface area contributed by atoms with Gasteiger partial charge in [-0.25, -0.2) is 0 Å². The SMILES string of the molecule is Cc1ccc(C)c(Oc2cc(N3CCCC3)cc([N+](=O)[O-])c2)c1. The van der Waals surface area contributed by atoms with Crippen LogP contribution in [0.3, 0.4) is 0 Å². The van der Waals surface area contributed by atoms with Gasteiger partial charge in [0.25, 0.3) is 5.69 Å². The van der Waals surface area contributed by atoms with Gasteiger partial charge in [-0.1, -0.05) is 12.1 Å². The fourth-order valence-corrected chi connectivity index (χ4v) is 2.83. The van der Waals surface area contributed by atoms with E-state index in [1.54, 1.807) is 6.07 Å². The highest BCUT2D eigenvalue weighted by Crippen LogP contribution is 2.34. The van der Waals surface area contributed by atoms with E-state index in [9.17, 15) is 10.1 Å². The second kappa shape index (κ2) is 6.28. The molecule has 5 heteroatoms. The van der Waals surface area contributed by atoms with Crippen LogP contribution in [0.4, 0.5) is 11.4 Å². The number of nitro benzene ring substituents is 1. The number of benzene rings is 2. The molecule has 5 nitrogen and oxygen atoms in total. The lowest BCUT2D eigenvalue weighted by atomic mass is 10.1. The Hall–Kier alpha value is -2.56. The molecule has 1 saturated heterocycles. The summed E-state index contributed by atoms with van der Waals surface area (Å²) in [5, 5.41) is 11.2. The van der Waals surface area contributed by atoms with Gasteiger partial charge in [0, 0.05) is 30.9 Å². The van der Waals surface area contributed by atoms with Crippen molar-refractivity contribution in [1.82, 2.24) is 0 Å². The number of non-ortho nitro benzene ring substituents is 1. The molecule has 1 heterocycles. The van der Waals surface area contributed by atoms with Crippen molar-refractivity contribution in [2.75, 3.05) is 18.0 Å². The summed E-state index contributed by atoms with van der Waals surface area (Å²) in [6, 6.07) is 11.0. The van der Waals surface area contributed by atoms with E-state index in [1.807, 2.05) is 38.1 Å². The molecule has 120 valence electrons. The average molecular weight is 312 g/mol. The second-order valence-corrected chi connectivity index (χ2v) is 6.01. The third-order valence-corrected chi connectivity index (χ3v) is 4.13. The third kappa shape index (κ3) is 3.44. The number of aryl methyl sites for hydroxylation is 2. The Kier molecular flexibility index (Phi) is 4.19. The molecule has 0 N–H and O–H groups in total. The van der Waals surface area contributed by atoms with Gasteiger partial charge in [-0.2, -0.15) is 0 Å². The van der Waals surface area contributed by atoms with Gasteiger partial charge in [0.2, 0.25) is 0 Å². The zero-order valence-corrected chi connectivity index (χ0v) is 13.4. The Balaban J connectivity index is 1.97. The summed E-state index contributed by atoms with van der Waals surface area (Å²) in [5.41, 5.74) is 3.02. The summed E-state index contributed by atoms with van der Waals surface area (Å²) < 4.78 is 5.95. The van der Waals surface area contributed by atoms with Gasteiger partial charge in [0.15, 0.2) is 0 Å². The molecule has 0 aliphatic carbocycles. The Labute approximate surface area is 135 Å². The standard InChI is InChI=1S/C18H20N2O3/c1-13-5-6-14(2)18(9-13)23-17-11-15(19-7-3-4-8-19)10-16(12-17)20(21)22/h5-6,9-12H,3-4,7-8H2,1-2H3. The number of ether oxygens (including phenoxy) is 1. The zero-order chi connectivity index (χ0) is 16.4. The number of rotatable bonds is 4. The first kappa shape index (κ1) is 15.3. The molecular formula is C18H20N2O3. The number of hydrogen-bond donors (Lipinski definition) is 0. The van der Waals surface area contributed by atoms with Crippen LogP contribution < -0.4 is 9.64 Å². The van der Waals surface area contributed by atoms with E-state index in [0.29, 0.717) is 5.75 Å².